The van der Waals surface area contributed by atoms with Crippen LogP contribution in [-0.4, -0.2) is 22.0 Å². The van der Waals surface area contributed by atoms with Crippen LogP contribution in [0, 0.1) is 0 Å². The molecule has 0 atom stereocenters. The molecule has 1 heterocycles. The van der Waals surface area contributed by atoms with Crippen molar-refractivity contribution >= 4 is 17.4 Å². The zero-order chi connectivity index (χ0) is 8.10. The van der Waals surface area contributed by atoms with Crippen molar-refractivity contribution in [3.8, 4) is 0 Å². The molecule has 0 bridgehead atoms. The topological polar surface area (TPSA) is 54.9 Å². The fourth-order valence-electron chi connectivity index (χ4n) is 0.519. The number of rotatable bonds is 3. The Morgan fingerprint density at radius 2 is 2.73 bits per heavy atom. The van der Waals surface area contributed by atoms with Gasteiger partial charge < -0.3 is 5.32 Å². The molecular formula is C6H7N3OS. The molecule has 58 valence electrons. The van der Waals surface area contributed by atoms with E-state index in [-0.39, 0.29) is 5.91 Å². The lowest BCUT2D eigenvalue weighted by Crippen LogP contribution is -2.23. The highest BCUT2D eigenvalue weighted by Crippen LogP contribution is 1.95. The molecule has 0 unspecified atom stereocenters. The summed E-state index contributed by atoms with van der Waals surface area (Å²) in [6, 6.07) is 0. The Hall–Kier alpha value is -1.23. The van der Waals surface area contributed by atoms with Crippen LogP contribution in [0.5, 0.6) is 0 Å². The average molecular weight is 169 g/mol. The van der Waals surface area contributed by atoms with Gasteiger partial charge in [-0.05, 0) is 11.5 Å². The van der Waals surface area contributed by atoms with E-state index in [1.807, 2.05) is 0 Å². The highest BCUT2D eigenvalue weighted by atomic mass is 32.1. The minimum absolute atomic E-state index is 0.210. The van der Waals surface area contributed by atoms with Gasteiger partial charge in [0, 0.05) is 11.9 Å². The minimum atomic E-state index is -0.210. The third kappa shape index (κ3) is 2.12. The van der Waals surface area contributed by atoms with Crippen LogP contribution in [0.15, 0.2) is 18.0 Å². The van der Waals surface area contributed by atoms with E-state index in [9.17, 15) is 4.79 Å². The lowest BCUT2D eigenvalue weighted by molar-refractivity contribution is 0.0953. The van der Waals surface area contributed by atoms with Gasteiger partial charge in [0.25, 0.3) is 5.91 Å². The van der Waals surface area contributed by atoms with Gasteiger partial charge in [0.15, 0.2) is 5.69 Å². The summed E-state index contributed by atoms with van der Waals surface area (Å²) in [5, 5.41) is 7.77. The highest BCUT2D eigenvalue weighted by molar-refractivity contribution is 7.03. The van der Waals surface area contributed by atoms with Crippen LogP contribution in [0.4, 0.5) is 0 Å². The molecule has 0 spiro atoms. The Morgan fingerprint density at radius 3 is 3.27 bits per heavy atom. The Bertz CT molecular complexity index is 244. The van der Waals surface area contributed by atoms with Crippen LogP contribution >= 0.6 is 11.5 Å². The van der Waals surface area contributed by atoms with Crippen molar-refractivity contribution in [2.24, 2.45) is 0 Å². The normalized spacial score (nSPS) is 9.09. The molecule has 0 aliphatic rings. The summed E-state index contributed by atoms with van der Waals surface area (Å²) in [5.74, 6) is -0.210. The van der Waals surface area contributed by atoms with E-state index in [0.717, 1.165) is 11.5 Å². The van der Waals surface area contributed by atoms with E-state index in [1.165, 1.54) is 0 Å². The van der Waals surface area contributed by atoms with Gasteiger partial charge in [-0.3, -0.25) is 4.79 Å². The van der Waals surface area contributed by atoms with E-state index in [1.54, 1.807) is 11.5 Å². The van der Waals surface area contributed by atoms with Crippen molar-refractivity contribution in [2.75, 3.05) is 6.54 Å². The van der Waals surface area contributed by atoms with Gasteiger partial charge in [-0.25, -0.2) is 0 Å². The first-order valence-corrected chi connectivity index (χ1v) is 3.84. The van der Waals surface area contributed by atoms with Gasteiger partial charge in [0.2, 0.25) is 0 Å². The third-order valence-electron chi connectivity index (χ3n) is 1.000. The largest absolute Gasteiger partial charge is 0.347 e. The first-order chi connectivity index (χ1) is 5.34. The maximum absolute atomic E-state index is 11.0. The zero-order valence-electron chi connectivity index (χ0n) is 5.78. The number of carbonyl (C=O) groups is 1. The monoisotopic (exact) mass is 169 g/mol. The van der Waals surface area contributed by atoms with E-state index >= 15 is 0 Å². The summed E-state index contributed by atoms with van der Waals surface area (Å²) in [6.45, 7) is 3.92. The molecule has 1 aromatic heterocycles. The molecule has 0 saturated heterocycles. The molecule has 1 amide bonds. The molecule has 11 heavy (non-hydrogen) atoms. The Balaban J connectivity index is 2.49. The highest BCUT2D eigenvalue weighted by Gasteiger charge is 2.05. The molecule has 1 N–H and O–H groups in total. The van der Waals surface area contributed by atoms with Crippen LogP contribution in [0.1, 0.15) is 10.5 Å². The second-order valence-corrected chi connectivity index (χ2v) is 2.40. The Labute approximate surface area is 68.1 Å². The van der Waals surface area contributed by atoms with E-state index < -0.39 is 0 Å². The Kier molecular flexibility index (Phi) is 2.74. The number of hydrogen-bond acceptors (Lipinski definition) is 4. The fraction of sp³-hybridized carbons (Fsp3) is 0.167. The predicted molar refractivity (Wildman–Crippen MR) is 42.4 cm³/mol. The number of hydrogen-bond donors (Lipinski definition) is 1. The van der Waals surface area contributed by atoms with Crippen molar-refractivity contribution in [1.82, 2.24) is 14.9 Å². The van der Waals surface area contributed by atoms with Gasteiger partial charge in [-0.1, -0.05) is 10.6 Å². The molecular weight excluding hydrogens is 162 g/mol. The second kappa shape index (κ2) is 3.82. The Morgan fingerprint density at radius 1 is 1.91 bits per heavy atom. The summed E-state index contributed by atoms with van der Waals surface area (Å²) < 4.78 is 3.56. The lowest BCUT2D eigenvalue weighted by atomic mass is 10.4. The third-order valence-corrected chi connectivity index (χ3v) is 1.50. The van der Waals surface area contributed by atoms with Gasteiger partial charge in [-0.2, -0.15) is 0 Å². The summed E-state index contributed by atoms with van der Waals surface area (Å²) >= 11 is 1.15. The lowest BCUT2D eigenvalue weighted by Gasteiger charge is -1.95. The molecule has 1 aromatic rings. The first kappa shape index (κ1) is 7.87. The minimum Gasteiger partial charge on any atom is -0.347 e. The molecule has 0 aliphatic carbocycles. The van der Waals surface area contributed by atoms with Crippen LogP contribution < -0.4 is 5.32 Å². The standard InChI is InChI=1S/C6H7N3OS/c1-2-3-7-6(10)5-4-11-9-8-5/h2,4H,1,3H2,(H,7,10). The van der Waals surface area contributed by atoms with Crippen molar-refractivity contribution in [3.63, 3.8) is 0 Å². The number of carbonyl (C=O) groups excluding carboxylic acids is 1. The van der Waals surface area contributed by atoms with Crippen molar-refractivity contribution in [3.05, 3.63) is 23.7 Å². The van der Waals surface area contributed by atoms with Crippen molar-refractivity contribution < 1.29 is 4.79 Å². The van der Waals surface area contributed by atoms with Gasteiger partial charge in [0.1, 0.15) is 0 Å². The molecule has 0 aliphatic heterocycles. The van der Waals surface area contributed by atoms with Gasteiger partial charge >= 0.3 is 0 Å². The number of aromatic nitrogens is 2. The second-order valence-electron chi connectivity index (χ2n) is 1.79. The number of nitrogens with one attached hydrogen (secondary N) is 1. The van der Waals surface area contributed by atoms with Gasteiger partial charge in [-0.15, -0.1) is 11.7 Å². The number of amides is 1. The van der Waals surface area contributed by atoms with Crippen LogP contribution in [-0.2, 0) is 0 Å². The maximum Gasteiger partial charge on any atom is 0.272 e. The smallest absolute Gasteiger partial charge is 0.272 e. The van der Waals surface area contributed by atoms with Crippen molar-refractivity contribution in [2.45, 2.75) is 0 Å². The molecule has 0 saturated carbocycles. The summed E-state index contributed by atoms with van der Waals surface area (Å²) in [6.07, 6.45) is 1.61. The van der Waals surface area contributed by atoms with Crippen LogP contribution in [0.2, 0.25) is 0 Å². The number of nitrogens with zero attached hydrogens (tertiary/aromatic N) is 2. The summed E-state index contributed by atoms with van der Waals surface area (Å²) in [5.41, 5.74) is 0.358. The van der Waals surface area contributed by atoms with E-state index in [2.05, 4.69) is 21.5 Å². The van der Waals surface area contributed by atoms with Crippen LogP contribution in [0.25, 0.3) is 0 Å². The summed E-state index contributed by atoms with van der Waals surface area (Å²) in [4.78, 5) is 11.0. The zero-order valence-corrected chi connectivity index (χ0v) is 6.60. The molecule has 0 fully saturated rings. The quantitative estimate of drug-likeness (QED) is 0.668. The van der Waals surface area contributed by atoms with E-state index in [0.29, 0.717) is 12.2 Å². The van der Waals surface area contributed by atoms with Crippen molar-refractivity contribution in [1.29, 1.82) is 0 Å². The molecule has 1 rings (SSSR count). The fourth-order valence-corrected chi connectivity index (χ4v) is 0.955. The summed E-state index contributed by atoms with van der Waals surface area (Å²) in [7, 11) is 0. The maximum atomic E-state index is 11.0. The van der Waals surface area contributed by atoms with Crippen LogP contribution in [0.3, 0.4) is 0 Å². The first-order valence-electron chi connectivity index (χ1n) is 3.00. The molecule has 0 radical (unpaired) electrons. The molecule has 0 aromatic carbocycles. The predicted octanol–water partition coefficient (Wildman–Crippen LogP) is 0.454. The SMILES string of the molecule is C=CCNC(=O)c1csnn1. The molecule has 5 heteroatoms. The van der Waals surface area contributed by atoms with E-state index in [4.69, 9.17) is 0 Å². The molecule has 4 nitrogen and oxygen atoms in total. The average Bonchev–Trinajstić information content (AvgIpc) is 2.52. The van der Waals surface area contributed by atoms with Gasteiger partial charge in [0.05, 0.1) is 0 Å².